The van der Waals surface area contributed by atoms with E-state index in [1.54, 1.807) is 0 Å². The van der Waals surface area contributed by atoms with Gasteiger partial charge >= 0.3 is 5.97 Å². The molecule has 1 fully saturated rings. The molecule has 0 aromatic carbocycles. The van der Waals surface area contributed by atoms with Gasteiger partial charge in [0.1, 0.15) is 22.5 Å². The van der Waals surface area contributed by atoms with Crippen LogP contribution in [0.15, 0.2) is 11.3 Å². The Hall–Kier alpha value is -1.17. The molecule has 0 aromatic rings. The zero-order chi connectivity index (χ0) is 12.6. The molecule has 1 amide bonds. The van der Waals surface area contributed by atoms with E-state index < -0.39 is 12.0 Å². The van der Waals surface area contributed by atoms with Crippen molar-refractivity contribution in [1.29, 1.82) is 5.26 Å². The van der Waals surface area contributed by atoms with E-state index in [9.17, 15) is 9.59 Å². The Morgan fingerprint density at radius 2 is 2.47 bits per heavy atom. The normalized spacial score (nSPS) is 27.3. The number of nitrogens with two attached hydrogens (primary N) is 1. The van der Waals surface area contributed by atoms with Gasteiger partial charge in [-0.2, -0.15) is 5.26 Å². The largest absolute Gasteiger partial charge is 0.477 e. The lowest BCUT2D eigenvalue weighted by Crippen LogP contribution is -2.68. The number of amides is 1. The first kappa shape index (κ1) is 12.3. The number of carboxylic acid groups (broad SMARTS) is 1. The molecule has 0 aliphatic carbocycles. The van der Waals surface area contributed by atoms with Crippen LogP contribution in [-0.4, -0.2) is 44.8 Å². The van der Waals surface area contributed by atoms with Gasteiger partial charge in [-0.15, -0.1) is 11.8 Å². The smallest absolute Gasteiger partial charge is 0.352 e. The van der Waals surface area contributed by atoms with Crippen molar-refractivity contribution in [3.63, 3.8) is 0 Å². The summed E-state index contributed by atoms with van der Waals surface area (Å²) >= 11 is 2.41. The van der Waals surface area contributed by atoms with Gasteiger partial charge in [-0.3, -0.25) is 9.69 Å². The monoisotopic (exact) mass is 271 g/mol. The third-order valence-electron chi connectivity index (χ3n) is 2.60. The molecule has 0 saturated carbocycles. The van der Waals surface area contributed by atoms with Gasteiger partial charge in [0.15, 0.2) is 0 Å². The highest BCUT2D eigenvalue weighted by molar-refractivity contribution is 8.04. The summed E-state index contributed by atoms with van der Waals surface area (Å²) in [6, 6.07) is -0.612. The Labute approximate surface area is 106 Å². The number of nitrogens with zero attached hydrogens (tertiary/aromatic N) is 2. The predicted molar refractivity (Wildman–Crippen MR) is 63.8 cm³/mol. The molecular formula is C9H9N3O3S2. The van der Waals surface area contributed by atoms with Crippen LogP contribution in [0.4, 0.5) is 0 Å². The van der Waals surface area contributed by atoms with Crippen LogP contribution >= 0.6 is 23.5 Å². The minimum atomic E-state index is -1.14. The Kier molecular flexibility index (Phi) is 3.33. The van der Waals surface area contributed by atoms with Crippen LogP contribution in [0.5, 0.6) is 0 Å². The molecule has 1 saturated heterocycles. The van der Waals surface area contributed by atoms with Gasteiger partial charge in [-0.05, 0) is 17.3 Å². The second kappa shape index (κ2) is 4.60. The van der Waals surface area contributed by atoms with Gasteiger partial charge < -0.3 is 10.8 Å². The number of aliphatic carboxylic acids is 1. The number of carbonyl (C=O) groups excluding carboxylic acids is 1. The van der Waals surface area contributed by atoms with Gasteiger partial charge in [0.05, 0.1) is 0 Å². The summed E-state index contributed by atoms with van der Waals surface area (Å²) in [5, 5.41) is 19.2. The third kappa shape index (κ3) is 1.90. The molecule has 0 spiro atoms. The van der Waals surface area contributed by atoms with E-state index in [4.69, 9.17) is 16.1 Å². The van der Waals surface area contributed by atoms with Crippen molar-refractivity contribution >= 4 is 35.4 Å². The van der Waals surface area contributed by atoms with Gasteiger partial charge in [0, 0.05) is 11.5 Å². The summed E-state index contributed by atoms with van der Waals surface area (Å²) in [7, 11) is 0. The first-order valence-corrected chi connectivity index (χ1v) is 6.77. The second-order valence-electron chi connectivity index (χ2n) is 3.57. The lowest BCUT2D eigenvalue weighted by molar-refractivity contribution is -0.147. The Morgan fingerprint density at radius 1 is 1.76 bits per heavy atom. The number of fused-ring (bicyclic) bond motifs is 1. The molecule has 2 aliphatic rings. The Morgan fingerprint density at radius 3 is 3.06 bits per heavy atom. The maximum atomic E-state index is 11.5. The highest BCUT2D eigenvalue weighted by Crippen LogP contribution is 2.39. The van der Waals surface area contributed by atoms with Crippen molar-refractivity contribution in [3.05, 3.63) is 11.3 Å². The molecule has 2 heterocycles. The van der Waals surface area contributed by atoms with E-state index in [1.165, 1.54) is 16.7 Å². The van der Waals surface area contributed by atoms with E-state index in [1.807, 2.05) is 5.40 Å². The highest BCUT2D eigenvalue weighted by Gasteiger charge is 2.51. The molecule has 0 aromatic heterocycles. The lowest BCUT2D eigenvalue weighted by atomic mass is 10.0. The summed E-state index contributed by atoms with van der Waals surface area (Å²) in [5.74, 6) is -0.696. The number of hydrogen-bond acceptors (Lipinski definition) is 6. The van der Waals surface area contributed by atoms with Gasteiger partial charge in [-0.25, -0.2) is 4.79 Å². The molecule has 90 valence electrons. The van der Waals surface area contributed by atoms with Gasteiger partial charge in [-0.1, -0.05) is 0 Å². The van der Waals surface area contributed by atoms with E-state index in [0.29, 0.717) is 17.1 Å². The highest BCUT2D eigenvalue weighted by atomic mass is 32.2. The number of nitriles is 1. The first-order valence-electron chi connectivity index (χ1n) is 4.74. The molecule has 8 heteroatoms. The molecule has 3 N–H and O–H groups in total. The maximum Gasteiger partial charge on any atom is 0.352 e. The van der Waals surface area contributed by atoms with Crippen LogP contribution in [0, 0.1) is 10.7 Å². The van der Waals surface area contributed by atoms with Crippen molar-refractivity contribution in [2.24, 2.45) is 5.73 Å². The first-order chi connectivity index (χ1) is 8.07. The number of carboxylic acids is 1. The summed E-state index contributed by atoms with van der Waals surface area (Å²) in [6.45, 7) is 0. The predicted octanol–water partition coefficient (Wildman–Crippen LogP) is -0.218. The van der Waals surface area contributed by atoms with E-state index in [0.717, 1.165) is 11.8 Å². The molecule has 1 unspecified atom stereocenters. The molecule has 2 aliphatic heterocycles. The number of rotatable bonds is 3. The SMILES string of the molecule is N#CSCC1=C(C(=O)O)N2C(=O)C(N)[C@H]2SC1. The summed E-state index contributed by atoms with van der Waals surface area (Å²) in [5.41, 5.74) is 6.20. The molecule has 2 rings (SSSR count). The molecule has 2 atom stereocenters. The number of hydrogen-bond donors (Lipinski definition) is 2. The standard InChI is InChI=1S/C9H9N3O3S2/c10-3-16-1-4-2-17-8-5(11)7(13)12(8)6(4)9(14)15/h5,8H,1-2,11H2,(H,14,15)/t5?,8-/m1/s1. The van der Waals surface area contributed by atoms with Crippen LogP contribution < -0.4 is 5.73 Å². The summed E-state index contributed by atoms with van der Waals surface area (Å²) in [4.78, 5) is 24.0. The molecule has 17 heavy (non-hydrogen) atoms. The fourth-order valence-corrected chi connectivity index (χ4v) is 3.71. The van der Waals surface area contributed by atoms with E-state index in [2.05, 4.69) is 0 Å². The minimum absolute atomic E-state index is 0.00296. The summed E-state index contributed by atoms with van der Waals surface area (Å²) < 4.78 is 0. The zero-order valence-electron chi connectivity index (χ0n) is 8.62. The molecular weight excluding hydrogens is 262 g/mol. The quantitative estimate of drug-likeness (QED) is 0.539. The number of carbonyl (C=O) groups is 2. The lowest BCUT2D eigenvalue weighted by Gasteiger charge is -2.47. The Bertz CT molecular complexity index is 457. The Balaban J connectivity index is 2.30. The average molecular weight is 271 g/mol. The fraction of sp³-hybridized carbons (Fsp3) is 0.444. The minimum Gasteiger partial charge on any atom is -0.477 e. The maximum absolute atomic E-state index is 11.5. The van der Waals surface area contributed by atoms with Crippen LogP contribution in [0.3, 0.4) is 0 Å². The number of thiocyanates is 1. The van der Waals surface area contributed by atoms with Gasteiger partial charge in [0.2, 0.25) is 5.91 Å². The number of thioether (sulfide) groups is 2. The fourth-order valence-electron chi connectivity index (χ4n) is 1.81. The summed E-state index contributed by atoms with van der Waals surface area (Å²) in [6.07, 6.45) is 0. The number of β-lactam (4-membered cyclic amide) rings is 1. The van der Waals surface area contributed by atoms with Crippen molar-refractivity contribution in [2.75, 3.05) is 11.5 Å². The van der Waals surface area contributed by atoms with Crippen LogP contribution in [0.2, 0.25) is 0 Å². The zero-order valence-corrected chi connectivity index (χ0v) is 10.3. The van der Waals surface area contributed by atoms with Crippen molar-refractivity contribution in [2.45, 2.75) is 11.4 Å². The van der Waals surface area contributed by atoms with E-state index >= 15 is 0 Å². The molecule has 0 bridgehead atoms. The molecule has 0 radical (unpaired) electrons. The average Bonchev–Trinajstić information content (AvgIpc) is 2.33. The van der Waals surface area contributed by atoms with Crippen molar-refractivity contribution in [3.8, 4) is 5.40 Å². The van der Waals surface area contributed by atoms with Gasteiger partial charge in [0.25, 0.3) is 0 Å². The second-order valence-corrected chi connectivity index (χ2v) is 5.44. The van der Waals surface area contributed by atoms with Crippen LogP contribution in [0.25, 0.3) is 0 Å². The van der Waals surface area contributed by atoms with Crippen LogP contribution in [0.1, 0.15) is 0 Å². The van der Waals surface area contributed by atoms with Crippen molar-refractivity contribution < 1.29 is 14.7 Å². The van der Waals surface area contributed by atoms with E-state index in [-0.39, 0.29) is 17.0 Å². The van der Waals surface area contributed by atoms with Crippen molar-refractivity contribution in [1.82, 2.24) is 4.90 Å². The topological polar surface area (TPSA) is 107 Å². The third-order valence-corrected chi connectivity index (χ3v) is 4.58. The van der Waals surface area contributed by atoms with Crippen LogP contribution in [-0.2, 0) is 9.59 Å². The molecule has 6 nitrogen and oxygen atoms in total.